The Labute approximate surface area is 119 Å². The van der Waals surface area contributed by atoms with Crippen molar-refractivity contribution in [3.63, 3.8) is 0 Å². The molecule has 0 aliphatic rings. The molecule has 0 fully saturated rings. The minimum Gasteiger partial charge on any atom is -0.506 e. The summed E-state index contributed by atoms with van der Waals surface area (Å²) in [6, 6.07) is 4.67. The van der Waals surface area contributed by atoms with E-state index in [0.717, 1.165) is 4.57 Å². The predicted octanol–water partition coefficient (Wildman–Crippen LogP) is 1.06. The number of phenolic OH excluding ortho intramolecular Hbond substituents is 1. The van der Waals surface area contributed by atoms with Gasteiger partial charge in [0.1, 0.15) is 5.75 Å². The molecule has 106 valence electrons. The van der Waals surface area contributed by atoms with Gasteiger partial charge >= 0.3 is 5.69 Å². The van der Waals surface area contributed by atoms with Crippen LogP contribution >= 0.6 is 11.6 Å². The average molecular weight is 296 g/mol. The van der Waals surface area contributed by atoms with Gasteiger partial charge in [-0.3, -0.25) is 9.36 Å². The predicted molar refractivity (Wildman–Crippen MR) is 77.4 cm³/mol. The molecule has 0 saturated carbocycles. The number of anilines is 1. The van der Waals surface area contributed by atoms with E-state index in [2.05, 4.69) is 5.32 Å². The van der Waals surface area contributed by atoms with Crippen LogP contribution in [0.5, 0.6) is 5.75 Å². The van der Waals surface area contributed by atoms with E-state index in [1.807, 2.05) is 0 Å². The second-order valence-corrected chi connectivity index (χ2v) is 4.84. The molecule has 20 heavy (non-hydrogen) atoms. The van der Waals surface area contributed by atoms with Crippen molar-refractivity contribution < 1.29 is 5.11 Å². The monoisotopic (exact) mass is 295 g/mol. The third kappa shape index (κ3) is 2.70. The van der Waals surface area contributed by atoms with E-state index in [4.69, 9.17) is 11.6 Å². The van der Waals surface area contributed by atoms with Gasteiger partial charge in [-0.15, -0.1) is 0 Å². The third-order valence-electron chi connectivity index (χ3n) is 2.95. The second-order valence-electron chi connectivity index (χ2n) is 4.43. The summed E-state index contributed by atoms with van der Waals surface area (Å²) >= 11 is 5.80. The zero-order chi connectivity index (χ0) is 14.9. The van der Waals surface area contributed by atoms with Crippen LogP contribution in [-0.4, -0.2) is 14.2 Å². The number of aromatic nitrogens is 2. The van der Waals surface area contributed by atoms with Crippen molar-refractivity contribution in [2.45, 2.75) is 6.54 Å². The van der Waals surface area contributed by atoms with Crippen molar-refractivity contribution in [1.82, 2.24) is 9.13 Å². The summed E-state index contributed by atoms with van der Waals surface area (Å²) in [4.78, 5) is 23.5. The highest BCUT2D eigenvalue weighted by Crippen LogP contribution is 2.26. The van der Waals surface area contributed by atoms with Gasteiger partial charge in [-0.2, -0.15) is 0 Å². The van der Waals surface area contributed by atoms with Gasteiger partial charge in [-0.05, 0) is 18.2 Å². The number of nitrogens with one attached hydrogen (secondary N) is 1. The zero-order valence-corrected chi connectivity index (χ0v) is 11.8. The van der Waals surface area contributed by atoms with Gasteiger partial charge in [0.05, 0.1) is 10.6 Å². The van der Waals surface area contributed by atoms with Crippen LogP contribution in [0.15, 0.2) is 34.0 Å². The average Bonchev–Trinajstić information content (AvgIpc) is 2.42. The smallest absolute Gasteiger partial charge is 0.330 e. The number of hydrogen-bond donors (Lipinski definition) is 2. The first-order valence-electron chi connectivity index (χ1n) is 5.88. The molecule has 0 amide bonds. The van der Waals surface area contributed by atoms with Crippen LogP contribution in [0.2, 0.25) is 5.02 Å². The van der Waals surface area contributed by atoms with Crippen LogP contribution in [-0.2, 0) is 20.6 Å². The summed E-state index contributed by atoms with van der Waals surface area (Å²) in [6.45, 7) is 0.252. The van der Waals surface area contributed by atoms with Crippen LogP contribution in [0.4, 0.5) is 5.69 Å². The number of nitrogens with zero attached hydrogens (tertiary/aromatic N) is 2. The lowest BCUT2D eigenvalue weighted by molar-refractivity contribution is 0.475. The van der Waals surface area contributed by atoms with E-state index in [-0.39, 0.29) is 28.6 Å². The number of rotatable bonds is 3. The minimum atomic E-state index is -0.369. The first kappa shape index (κ1) is 14.2. The molecule has 1 heterocycles. The zero-order valence-electron chi connectivity index (χ0n) is 11.1. The Kier molecular flexibility index (Phi) is 3.85. The van der Waals surface area contributed by atoms with Gasteiger partial charge in [-0.25, -0.2) is 4.79 Å². The first-order valence-corrected chi connectivity index (χ1v) is 6.26. The summed E-state index contributed by atoms with van der Waals surface area (Å²) in [5, 5.41) is 12.6. The Balaban J connectivity index is 2.25. The number of benzene rings is 1. The molecule has 0 spiro atoms. The summed E-state index contributed by atoms with van der Waals surface area (Å²) in [5.74, 6) is -0.00441. The molecule has 0 aliphatic carbocycles. The minimum absolute atomic E-state index is 0.00441. The van der Waals surface area contributed by atoms with Gasteiger partial charge < -0.3 is 15.0 Å². The number of hydrogen-bond acceptors (Lipinski definition) is 4. The molecule has 6 nitrogen and oxygen atoms in total. The highest BCUT2D eigenvalue weighted by molar-refractivity contribution is 6.32. The van der Waals surface area contributed by atoms with Crippen molar-refractivity contribution in [3.8, 4) is 5.75 Å². The van der Waals surface area contributed by atoms with Crippen LogP contribution in [0.1, 0.15) is 5.56 Å². The fraction of sp³-hybridized carbons (Fsp3) is 0.231. The maximum Gasteiger partial charge on any atom is 0.330 e. The maximum atomic E-state index is 11.9. The van der Waals surface area contributed by atoms with Gasteiger partial charge in [0.25, 0.3) is 5.56 Å². The van der Waals surface area contributed by atoms with E-state index in [9.17, 15) is 14.7 Å². The molecule has 0 radical (unpaired) electrons. The highest BCUT2D eigenvalue weighted by Gasteiger charge is 2.07. The molecule has 2 N–H and O–H groups in total. The van der Waals surface area contributed by atoms with Crippen LogP contribution in [0.3, 0.4) is 0 Å². The number of aromatic hydroxyl groups is 1. The SMILES string of the molecule is Cn1cc(CNc2ccc(O)c(Cl)c2)c(=O)n(C)c1=O. The van der Waals surface area contributed by atoms with Gasteiger partial charge in [0, 0.05) is 32.5 Å². The van der Waals surface area contributed by atoms with Crippen molar-refractivity contribution in [3.05, 3.63) is 55.8 Å². The van der Waals surface area contributed by atoms with Crippen molar-refractivity contribution in [2.24, 2.45) is 14.1 Å². The van der Waals surface area contributed by atoms with Crippen molar-refractivity contribution >= 4 is 17.3 Å². The molecule has 0 bridgehead atoms. The third-order valence-corrected chi connectivity index (χ3v) is 3.25. The second kappa shape index (κ2) is 5.42. The molecule has 0 saturated heterocycles. The molecule has 2 rings (SSSR count). The molecule has 1 aromatic carbocycles. The largest absolute Gasteiger partial charge is 0.506 e. The quantitative estimate of drug-likeness (QED) is 0.830. The molecule has 1 aromatic heterocycles. The normalized spacial score (nSPS) is 10.6. The van der Waals surface area contributed by atoms with E-state index in [0.29, 0.717) is 11.3 Å². The Hall–Kier alpha value is -2.21. The lowest BCUT2D eigenvalue weighted by Gasteiger charge is -2.09. The Morgan fingerprint density at radius 3 is 2.65 bits per heavy atom. The Bertz CT molecular complexity index is 764. The van der Waals surface area contributed by atoms with Gasteiger partial charge in [-0.1, -0.05) is 11.6 Å². The molecular weight excluding hydrogens is 282 g/mol. The van der Waals surface area contributed by atoms with Crippen LogP contribution in [0, 0.1) is 0 Å². The highest BCUT2D eigenvalue weighted by atomic mass is 35.5. The fourth-order valence-corrected chi connectivity index (χ4v) is 2.00. The fourth-order valence-electron chi connectivity index (χ4n) is 1.82. The Morgan fingerprint density at radius 1 is 1.30 bits per heavy atom. The number of halogens is 1. The lowest BCUT2D eigenvalue weighted by atomic mass is 10.2. The number of aryl methyl sites for hydroxylation is 1. The molecule has 0 aliphatic heterocycles. The molecule has 7 heteroatoms. The van der Waals surface area contributed by atoms with E-state index in [1.54, 1.807) is 19.2 Å². The molecule has 0 unspecified atom stereocenters. The lowest BCUT2D eigenvalue weighted by Crippen LogP contribution is -2.38. The van der Waals surface area contributed by atoms with E-state index in [1.165, 1.54) is 23.9 Å². The van der Waals surface area contributed by atoms with Crippen molar-refractivity contribution in [1.29, 1.82) is 0 Å². The molecule has 2 aromatic rings. The van der Waals surface area contributed by atoms with E-state index >= 15 is 0 Å². The summed E-state index contributed by atoms with van der Waals surface area (Å²) in [7, 11) is 3.02. The van der Waals surface area contributed by atoms with Crippen LogP contribution in [0.25, 0.3) is 0 Å². The first-order chi connectivity index (χ1) is 9.40. The van der Waals surface area contributed by atoms with Crippen molar-refractivity contribution in [2.75, 3.05) is 5.32 Å². The van der Waals surface area contributed by atoms with Crippen LogP contribution < -0.4 is 16.6 Å². The standard InChI is InChI=1S/C13H14ClN3O3/c1-16-7-8(12(19)17(2)13(16)20)6-15-9-3-4-11(18)10(14)5-9/h3-5,7,15,18H,6H2,1-2H3. The topological polar surface area (TPSA) is 76.3 Å². The summed E-state index contributed by atoms with van der Waals surface area (Å²) in [6.07, 6.45) is 1.50. The summed E-state index contributed by atoms with van der Waals surface area (Å²) < 4.78 is 2.41. The molecule has 0 atom stereocenters. The maximum absolute atomic E-state index is 11.9. The van der Waals surface area contributed by atoms with E-state index < -0.39 is 0 Å². The Morgan fingerprint density at radius 2 is 2.00 bits per heavy atom. The van der Waals surface area contributed by atoms with Gasteiger partial charge in [0.15, 0.2) is 0 Å². The number of phenols is 1. The molecular formula is C13H14ClN3O3. The van der Waals surface area contributed by atoms with Gasteiger partial charge in [0.2, 0.25) is 0 Å². The summed E-state index contributed by atoms with van der Waals surface area (Å²) in [5.41, 5.74) is 0.416.